The summed E-state index contributed by atoms with van der Waals surface area (Å²) in [6.45, 7) is 0.527. The van der Waals surface area contributed by atoms with Crippen molar-refractivity contribution in [2.75, 3.05) is 11.1 Å². The molecule has 5 nitrogen and oxygen atoms in total. The van der Waals surface area contributed by atoms with Crippen molar-refractivity contribution in [1.82, 2.24) is 10.3 Å². The Kier molecular flexibility index (Phi) is 3.39. The Morgan fingerprint density at radius 3 is 3.05 bits per heavy atom. The van der Waals surface area contributed by atoms with Gasteiger partial charge in [0.2, 0.25) is 0 Å². The molecule has 3 rings (SSSR count). The van der Waals surface area contributed by atoms with Crippen LogP contribution in [-0.4, -0.2) is 16.9 Å². The number of rotatable bonds is 5. The van der Waals surface area contributed by atoms with Gasteiger partial charge in [0.05, 0.1) is 6.54 Å². The topological polar surface area (TPSA) is 80.0 Å². The highest BCUT2D eigenvalue weighted by Crippen LogP contribution is 2.30. The van der Waals surface area contributed by atoms with Gasteiger partial charge in [-0.3, -0.25) is 4.79 Å². The molecule has 0 spiro atoms. The van der Waals surface area contributed by atoms with Crippen molar-refractivity contribution >= 4 is 39.5 Å². The number of nitrogens with one attached hydrogen (secondary N) is 2. The monoisotopic (exact) mass is 294 g/mol. The molecule has 100 valence electrons. The van der Waals surface area contributed by atoms with E-state index in [0.29, 0.717) is 23.3 Å². The first-order valence-electron chi connectivity index (χ1n) is 6.06. The number of hydrogen-bond acceptors (Lipinski definition) is 6. The Bertz CT molecular complexity index is 575. The van der Waals surface area contributed by atoms with Crippen molar-refractivity contribution in [2.24, 2.45) is 0 Å². The fourth-order valence-corrected chi connectivity index (χ4v) is 3.14. The number of carbonyl (C=O) groups is 1. The van der Waals surface area contributed by atoms with Crippen LogP contribution in [0.1, 0.15) is 27.4 Å². The maximum atomic E-state index is 12.0. The lowest BCUT2D eigenvalue weighted by atomic mass is 10.4. The predicted octanol–water partition coefficient (Wildman–Crippen LogP) is 2.29. The first kappa shape index (κ1) is 12.4. The average molecular weight is 294 g/mol. The van der Waals surface area contributed by atoms with Gasteiger partial charge in [-0.25, -0.2) is 4.98 Å². The van der Waals surface area contributed by atoms with Crippen LogP contribution in [0.5, 0.6) is 0 Å². The summed E-state index contributed by atoms with van der Waals surface area (Å²) in [5.74, 6) is 0.143. The molecule has 2 aromatic rings. The number of amides is 1. The summed E-state index contributed by atoms with van der Waals surface area (Å²) in [7, 11) is 0. The van der Waals surface area contributed by atoms with Gasteiger partial charge in [0, 0.05) is 10.9 Å². The first-order chi connectivity index (χ1) is 9.22. The van der Waals surface area contributed by atoms with Crippen molar-refractivity contribution in [3.63, 3.8) is 0 Å². The van der Waals surface area contributed by atoms with Gasteiger partial charge in [0.25, 0.3) is 5.91 Å². The molecule has 0 aromatic carbocycles. The van der Waals surface area contributed by atoms with Crippen LogP contribution in [0.2, 0.25) is 0 Å². The zero-order valence-corrected chi connectivity index (χ0v) is 11.8. The van der Waals surface area contributed by atoms with Gasteiger partial charge in [-0.05, 0) is 24.3 Å². The fourth-order valence-electron chi connectivity index (χ4n) is 1.62. The van der Waals surface area contributed by atoms with E-state index in [1.807, 2.05) is 17.5 Å². The molecule has 1 amide bonds. The van der Waals surface area contributed by atoms with E-state index in [9.17, 15) is 4.79 Å². The maximum Gasteiger partial charge on any atom is 0.265 e. The summed E-state index contributed by atoms with van der Waals surface area (Å²) >= 11 is 2.93. The largest absolute Gasteiger partial charge is 0.382 e. The van der Waals surface area contributed by atoms with E-state index in [-0.39, 0.29) is 5.91 Å². The summed E-state index contributed by atoms with van der Waals surface area (Å²) in [5.41, 5.74) is 5.79. The molecule has 4 N–H and O–H groups in total. The van der Waals surface area contributed by atoms with Crippen LogP contribution < -0.4 is 16.4 Å². The summed E-state index contributed by atoms with van der Waals surface area (Å²) < 4.78 is 0. The van der Waals surface area contributed by atoms with E-state index < -0.39 is 0 Å². The molecule has 1 aliphatic carbocycles. The Morgan fingerprint density at radius 1 is 1.53 bits per heavy atom. The zero-order valence-electron chi connectivity index (χ0n) is 10.2. The number of hydrogen-bond donors (Lipinski definition) is 3. The molecule has 0 aliphatic heterocycles. The highest BCUT2D eigenvalue weighted by Gasteiger charge is 2.24. The molecule has 1 fully saturated rings. The standard InChI is InChI=1S/C12H14N4OS2/c13-10-9(19-12(16-10)15-7-3-4-7)11(17)14-6-8-2-1-5-18-8/h1-2,5,7H,3-4,6,13H2,(H,14,17)(H,15,16). The number of nitrogen functional groups attached to an aromatic ring is 1. The number of anilines is 2. The van der Waals surface area contributed by atoms with Crippen LogP contribution in [0.25, 0.3) is 0 Å². The van der Waals surface area contributed by atoms with Gasteiger partial charge < -0.3 is 16.4 Å². The Labute approximate surface area is 118 Å². The molecule has 0 saturated heterocycles. The van der Waals surface area contributed by atoms with Gasteiger partial charge in [-0.15, -0.1) is 11.3 Å². The SMILES string of the molecule is Nc1nc(NC2CC2)sc1C(=O)NCc1cccs1. The lowest BCUT2D eigenvalue weighted by Crippen LogP contribution is -2.22. The number of carbonyl (C=O) groups excluding carboxylic acids is 1. The lowest BCUT2D eigenvalue weighted by molar-refractivity contribution is 0.0956. The zero-order chi connectivity index (χ0) is 13.2. The third-order valence-electron chi connectivity index (χ3n) is 2.77. The molecular formula is C12H14N4OS2. The normalized spacial score (nSPS) is 14.3. The predicted molar refractivity (Wildman–Crippen MR) is 78.7 cm³/mol. The molecule has 7 heteroatoms. The molecule has 0 radical (unpaired) electrons. The Hall–Kier alpha value is -1.60. The van der Waals surface area contributed by atoms with E-state index in [1.54, 1.807) is 11.3 Å². The van der Waals surface area contributed by atoms with Crippen molar-refractivity contribution in [1.29, 1.82) is 0 Å². The molecule has 1 aliphatic rings. The van der Waals surface area contributed by atoms with Gasteiger partial charge >= 0.3 is 0 Å². The van der Waals surface area contributed by atoms with Crippen molar-refractivity contribution in [3.8, 4) is 0 Å². The molecule has 19 heavy (non-hydrogen) atoms. The minimum Gasteiger partial charge on any atom is -0.382 e. The van der Waals surface area contributed by atoms with Gasteiger partial charge in [0.1, 0.15) is 10.7 Å². The van der Waals surface area contributed by atoms with Gasteiger partial charge in [0.15, 0.2) is 5.13 Å². The number of aromatic nitrogens is 1. The van der Waals surface area contributed by atoms with E-state index in [1.165, 1.54) is 24.2 Å². The number of thiophene rings is 1. The van der Waals surface area contributed by atoms with Crippen LogP contribution in [0.3, 0.4) is 0 Å². The third-order valence-corrected chi connectivity index (χ3v) is 4.65. The summed E-state index contributed by atoms with van der Waals surface area (Å²) in [5, 5.41) is 8.83. The van der Waals surface area contributed by atoms with Crippen molar-refractivity contribution in [2.45, 2.75) is 25.4 Å². The summed E-state index contributed by atoms with van der Waals surface area (Å²) in [6.07, 6.45) is 2.33. The average Bonchev–Trinajstić information content (AvgIpc) is 2.90. The molecule has 2 heterocycles. The first-order valence-corrected chi connectivity index (χ1v) is 7.75. The number of nitrogens with two attached hydrogens (primary N) is 1. The number of thiazole rings is 1. The van der Waals surface area contributed by atoms with E-state index in [2.05, 4.69) is 15.6 Å². The van der Waals surface area contributed by atoms with E-state index in [0.717, 1.165) is 10.0 Å². The second-order valence-corrected chi connectivity index (χ2v) is 6.45. The van der Waals surface area contributed by atoms with E-state index in [4.69, 9.17) is 5.73 Å². The molecule has 0 unspecified atom stereocenters. The number of nitrogens with zero attached hydrogens (tertiary/aromatic N) is 1. The van der Waals surface area contributed by atoms with E-state index >= 15 is 0 Å². The van der Waals surface area contributed by atoms with Crippen LogP contribution in [0.4, 0.5) is 10.9 Å². The minimum atomic E-state index is -0.160. The Morgan fingerprint density at radius 2 is 2.37 bits per heavy atom. The summed E-state index contributed by atoms with van der Waals surface area (Å²) in [6, 6.07) is 4.46. The maximum absolute atomic E-state index is 12.0. The van der Waals surface area contributed by atoms with Crippen LogP contribution in [0, 0.1) is 0 Å². The van der Waals surface area contributed by atoms with Crippen LogP contribution in [-0.2, 0) is 6.54 Å². The minimum absolute atomic E-state index is 0.160. The van der Waals surface area contributed by atoms with Gasteiger partial charge in [-0.1, -0.05) is 17.4 Å². The molecule has 0 atom stereocenters. The molecular weight excluding hydrogens is 280 g/mol. The van der Waals surface area contributed by atoms with Crippen molar-refractivity contribution < 1.29 is 4.79 Å². The molecule has 0 bridgehead atoms. The highest BCUT2D eigenvalue weighted by molar-refractivity contribution is 7.18. The molecule has 1 saturated carbocycles. The smallest absolute Gasteiger partial charge is 0.265 e. The fraction of sp³-hybridized carbons (Fsp3) is 0.333. The molecule has 2 aromatic heterocycles. The second kappa shape index (κ2) is 5.18. The Balaban J connectivity index is 1.63. The lowest BCUT2D eigenvalue weighted by Gasteiger charge is -2.01. The van der Waals surface area contributed by atoms with Crippen molar-refractivity contribution in [3.05, 3.63) is 27.3 Å². The van der Waals surface area contributed by atoms with Gasteiger partial charge in [-0.2, -0.15) is 0 Å². The van der Waals surface area contributed by atoms with Crippen LogP contribution >= 0.6 is 22.7 Å². The summed E-state index contributed by atoms with van der Waals surface area (Å²) in [4.78, 5) is 17.8. The third kappa shape index (κ3) is 3.05. The second-order valence-electron chi connectivity index (χ2n) is 4.41. The highest BCUT2D eigenvalue weighted by atomic mass is 32.1. The van der Waals surface area contributed by atoms with Crippen LogP contribution in [0.15, 0.2) is 17.5 Å². The quantitative estimate of drug-likeness (QED) is 0.790.